The van der Waals surface area contributed by atoms with Gasteiger partial charge in [-0.25, -0.2) is 13.6 Å². The van der Waals surface area contributed by atoms with Gasteiger partial charge in [-0.15, -0.1) is 0 Å². The van der Waals surface area contributed by atoms with Crippen molar-refractivity contribution < 1.29 is 22.7 Å². The molecule has 0 heterocycles. The quantitative estimate of drug-likeness (QED) is 0.493. The van der Waals surface area contributed by atoms with Crippen LogP contribution in [0.1, 0.15) is 13.8 Å². The van der Waals surface area contributed by atoms with Crippen LogP contribution < -0.4 is 0 Å². The van der Waals surface area contributed by atoms with E-state index in [1.807, 2.05) is 0 Å². The molecule has 0 radical (unpaired) electrons. The molecule has 12 heavy (non-hydrogen) atoms. The molecule has 5 heteroatoms. The fraction of sp³-hybridized carbons (Fsp3) is 0.571. The predicted octanol–water partition coefficient (Wildman–Crippen LogP) is 2.06. The maximum absolute atomic E-state index is 12.4. The van der Waals surface area contributed by atoms with E-state index in [1.165, 1.54) is 6.92 Å². The van der Waals surface area contributed by atoms with Crippen molar-refractivity contribution in [3.8, 4) is 0 Å². The summed E-state index contributed by atoms with van der Waals surface area (Å²) in [6.45, 7) is 2.14. The van der Waals surface area contributed by atoms with Crippen LogP contribution in [0.25, 0.3) is 0 Å². The monoisotopic (exact) mass is 182 g/mol. The topological polar surface area (TPSA) is 26.3 Å². The summed E-state index contributed by atoms with van der Waals surface area (Å²) in [5, 5.41) is 0. The highest BCUT2D eigenvalue weighted by atomic mass is 19.2. The molecule has 0 bridgehead atoms. The van der Waals surface area contributed by atoms with Crippen molar-refractivity contribution >= 4 is 5.97 Å². The Balaban J connectivity index is 4.43. The third-order valence-corrected chi connectivity index (χ3v) is 1.01. The second-order valence-electron chi connectivity index (χ2n) is 2.00. The Morgan fingerprint density at radius 1 is 1.50 bits per heavy atom. The van der Waals surface area contributed by atoms with Crippen LogP contribution in [0.2, 0.25) is 0 Å². The van der Waals surface area contributed by atoms with E-state index in [9.17, 15) is 18.0 Å². The van der Waals surface area contributed by atoms with Crippen molar-refractivity contribution in [2.24, 2.45) is 0 Å². The number of allylic oxidation sites excluding steroid dienone is 1. The van der Waals surface area contributed by atoms with Gasteiger partial charge in [-0.3, -0.25) is 0 Å². The Kier molecular flexibility index (Phi) is 4.39. The number of ether oxygens (including phenoxy) is 1. The fourth-order valence-corrected chi connectivity index (χ4v) is 0.467. The number of hydrogen-bond acceptors (Lipinski definition) is 2. The summed E-state index contributed by atoms with van der Waals surface area (Å²) in [4.78, 5) is 10.4. The number of hydrogen-bond donors (Lipinski definition) is 0. The molecule has 0 saturated heterocycles. The molecule has 0 amide bonds. The Labute approximate surface area is 68.0 Å². The Bertz CT molecular complexity index is 199. The lowest BCUT2D eigenvalue weighted by atomic mass is 10.3. The fourth-order valence-electron chi connectivity index (χ4n) is 0.467. The highest BCUT2D eigenvalue weighted by Gasteiger charge is 2.20. The van der Waals surface area contributed by atoms with Gasteiger partial charge in [-0.05, 0) is 13.8 Å². The molecule has 70 valence electrons. The molecule has 0 aromatic carbocycles. The summed E-state index contributed by atoms with van der Waals surface area (Å²) in [6.07, 6.45) is -2.13. The number of carbonyl (C=O) groups excluding carboxylic acids is 1. The smallest absolute Gasteiger partial charge is 0.370 e. The average molecular weight is 182 g/mol. The lowest BCUT2D eigenvalue weighted by molar-refractivity contribution is -0.140. The van der Waals surface area contributed by atoms with Crippen LogP contribution in [-0.2, 0) is 9.53 Å². The van der Waals surface area contributed by atoms with Gasteiger partial charge in [0.15, 0.2) is 12.0 Å². The van der Waals surface area contributed by atoms with E-state index in [2.05, 4.69) is 4.74 Å². The second-order valence-corrected chi connectivity index (χ2v) is 2.00. The van der Waals surface area contributed by atoms with Gasteiger partial charge in [-0.2, -0.15) is 4.39 Å². The van der Waals surface area contributed by atoms with Crippen LogP contribution in [0.4, 0.5) is 13.2 Å². The van der Waals surface area contributed by atoms with Gasteiger partial charge in [0, 0.05) is 0 Å². The van der Waals surface area contributed by atoms with Crippen LogP contribution in [-0.4, -0.2) is 18.7 Å². The van der Waals surface area contributed by atoms with Crippen molar-refractivity contribution in [3.05, 3.63) is 11.7 Å². The second kappa shape index (κ2) is 4.79. The zero-order valence-electron chi connectivity index (χ0n) is 6.73. The summed E-state index contributed by atoms with van der Waals surface area (Å²) < 4.78 is 40.9. The largest absolute Gasteiger partial charge is 0.461 e. The van der Waals surface area contributed by atoms with Crippen LogP contribution in [0.15, 0.2) is 11.7 Å². The third kappa shape index (κ3) is 2.94. The van der Waals surface area contributed by atoms with Crippen LogP contribution in [0.5, 0.6) is 0 Å². The predicted molar refractivity (Wildman–Crippen MR) is 36.4 cm³/mol. The summed E-state index contributed by atoms with van der Waals surface area (Å²) in [5.41, 5.74) is 0. The maximum Gasteiger partial charge on any atom is 0.370 e. The minimum Gasteiger partial charge on any atom is -0.461 e. The van der Waals surface area contributed by atoms with Crippen molar-refractivity contribution in [2.75, 3.05) is 6.61 Å². The molecule has 0 aliphatic heterocycles. The minimum absolute atomic E-state index is 0.0831. The lowest BCUT2D eigenvalue weighted by Gasteiger charge is -2.01. The summed E-state index contributed by atoms with van der Waals surface area (Å²) in [6, 6.07) is 0. The minimum atomic E-state index is -2.13. The number of esters is 1. The van der Waals surface area contributed by atoms with Crippen LogP contribution >= 0.6 is 0 Å². The molecule has 0 aromatic rings. The van der Waals surface area contributed by atoms with E-state index in [1.54, 1.807) is 0 Å². The van der Waals surface area contributed by atoms with E-state index < -0.39 is 23.8 Å². The average Bonchev–Trinajstić information content (AvgIpc) is 2.02. The zero-order chi connectivity index (χ0) is 9.72. The molecule has 0 aliphatic carbocycles. The molecule has 0 rings (SSSR count). The maximum atomic E-state index is 12.4. The SMILES string of the molecule is CCOC(=O)C(F)=C(F)C(C)F. The molecule has 0 aromatic heterocycles. The molecular weight excluding hydrogens is 173 g/mol. The van der Waals surface area contributed by atoms with Crippen LogP contribution in [0, 0.1) is 0 Å². The van der Waals surface area contributed by atoms with Gasteiger partial charge in [0.05, 0.1) is 6.61 Å². The molecule has 0 saturated carbocycles. The summed E-state index contributed by atoms with van der Waals surface area (Å²) >= 11 is 0. The first-order valence-corrected chi connectivity index (χ1v) is 3.37. The summed E-state index contributed by atoms with van der Waals surface area (Å²) in [5.74, 6) is -5.00. The molecule has 0 N–H and O–H groups in total. The van der Waals surface area contributed by atoms with Gasteiger partial charge in [-0.1, -0.05) is 0 Å². The first-order chi connectivity index (χ1) is 5.50. The van der Waals surface area contributed by atoms with E-state index in [0.29, 0.717) is 0 Å². The molecule has 1 unspecified atom stereocenters. The van der Waals surface area contributed by atoms with Gasteiger partial charge < -0.3 is 4.74 Å². The zero-order valence-corrected chi connectivity index (χ0v) is 6.73. The molecule has 0 spiro atoms. The first kappa shape index (κ1) is 11.0. The Morgan fingerprint density at radius 3 is 2.33 bits per heavy atom. The van der Waals surface area contributed by atoms with Gasteiger partial charge >= 0.3 is 5.97 Å². The number of carbonyl (C=O) groups is 1. The van der Waals surface area contributed by atoms with Crippen molar-refractivity contribution in [1.29, 1.82) is 0 Å². The van der Waals surface area contributed by atoms with Gasteiger partial charge in [0.25, 0.3) is 0 Å². The molecule has 1 atom stereocenters. The third-order valence-electron chi connectivity index (χ3n) is 1.01. The Morgan fingerprint density at radius 2 is 2.00 bits per heavy atom. The van der Waals surface area contributed by atoms with E-state index in [-0.39, 0.29) is 6.61 Å². The number of rotatable bonds is 3. The van der Waals surface area contributed by atoms with E-state index in [4.69, 9.17) is 0 Å². The normalized spacial score (nSPS) is 15.1. The highest BCUT2D eigenvalue weighted by Crippen LogP contribution is 2.15. The Hall–Kier alpha value is -1.00. The molecule has 0 fully saturated rings. The highest BCUT2D eigenvalue weighted by molar-refractivity contribution is 5.86. The number of halogens is 3. The summed E-state index contributed by atoms with van der Waals surface area (Å²) in [7, 11) is 0. The van der Waals surface area contributed by atoms with E-state index in [0.717, 1.165) is 6.92 Å². The lowest BCUT2D eigenvalue weighted by Crippen LogP contribution is -2.08. The van der Waals surface area contributed by atoms with Gasteiger partial charge in [0.1, 0.15) is 0 Å². The molecule has 0 aliphatic rings. The van der Waals surface area contributed by atoms with Crippen molar-refractivity contribution in [1.82, 2.24) is 0 Å². The molecular formula is C7H9F3O2. The van der Waals surface area contributed by atoms with Gasteiger partial charge in [0.2, 0.25) is 5.83 Å². The van der Waals surface area contributed by atoms with E-state index >= 15 is 0 Å². The standard InChI is InChI=1S/C7H9F3O2/c1-3-12-7(11)6(10)5(9)4(2)8/h4H,3H2,1-2H3. The number of alkyl halides is 1. The van der Waals surface area contributed by atoms with Crippen LogP contribution in [0.3, 0.4) is 0 Å². The van der Waals surface area contributed by atoms with Crippen molar-refractivity contribution in [3.63, 3.8) is 0 Å². The first-order valence-electron chi connectivity index (χ1n) is 3.37. The molecule has 2 nitrogen and oxygen atoms in total. The van der Waals surface area contributed by atoms with Crippen molar-refractivity contribution in [2.45, 2.75) is 20.0 Å².